The molecule has 0 bridgehead atoms. The molecule has 88 valence electrons. The van der Waals surface area contributed by atoms with E-state index in [1.807, 2.05) is 20.8 Å². The molecule has 1 fully saturated rings. The number of hydrogen-bond acceptors (Lipinski definition) is 2. The van der Waals surface area contributed by atoms with Crippen LogP contribution in [-0.4, -0.2) is 11.6 Å². The van der Waals surface area contributed by atoms with Crippen molar-refractivity contribution in [1.82, 2.24) is 0 Å². The first kappa shape index (κ1) is 11.4. The summed E-state index contributed by atoms with van der Waals surface area (Å²) in [5.74, 6) is 1.10. The molecule has 0 aromatic heterocycles. The number of rotatable bonds is 1. The third-order valence-corrected chi connectivity index (χ3v) is 3.31. The molecule has 1 saturated carbocycles. The zero-order valence-corrected chi connectivity index (χ0v) is 10.5. The van der Waals surface area contributed by atoms with Crippen molar-refractivity contribution in [2.24, 2.45) is 11.8 Å². The van der Waals surface area contributed by atoms with Crippen molar-refractivity contribution in [3.05, 3.63) is 23.3 Å². The number of esters is 1. The second-order valence-electron chi connectivity index (χ2n) is 5.88. The summed E-state index contributed by atoms with van der Waals surface area (Å²) in [7, 11) is 0. The quantitative estimate of drug-likeness (QED) is 0.385. The highest BCUT2D eigenvalue weighted by Gasteiger charge is 2.40. The van der Waals surface area contributed by atoms with Gasteiger partial charge in [-0.3, -0.25) is 0 Å². The lowest BCUT2D eigenvalue weighted by Gasteiger charge is -2.36. The van der Waals surface area contributed by atoms with E-state index in [-0.39, 0.29) is 5.97 Å². The van der Waals surface area contributed by atoms with E-state index in [1.165, 1.54) is 17.6 Å². The predicted molar refractivity (Wildman–Crippen MR) is 63.9 cm³/mol. The SMILES string of the molecule is CC1=CC[C@H]2CC(=CC(=O)OC(C)(C)C)[C@@H]12. The van der Waals surface area contributed by atoms with Crippen LogP contribution in [0.5, 0.6) is 0 Å². The first-order chi connectivity index (χ1) is 7.37. The Morgan fingerprint density at radius 3 is 2.75 bits per heavy atom. The van der Waals surface area contributed by atoms with Gasteiger partial charge in [-0.1, -0.05) is 17.2 Å². The van der Waals surface area contributed by atoms with E-state index in [9.17, 15) is 4.79 Å². The summed E-state index contributed by atoms with van der Waals surface area (Å²) in [6.45, 7) is 7.85. The molecule has 2 aliphatic carbocycles. The fourth-order valence-corrected chi connectivity index (χ4v) is 2.67. The second-order valence-corrected chi connectivity index (χ2v) is 5.88. The second kappa shape index (κ2) is 3.76. The molecule has 0 aliphatic heterocycles. The van der Waals surface area contributed by atoms with Crippen LogP contribution in [-0.2, 0) is 9.53 Å². The lowest BCUT2D eigenvalue weighted by Crippen LogP contribution is -2.28. The van der Waals surface area contributed by atoms with Gasteiger partial charge >= 0.3 is 5.97 Å². The molecule has 2 atom stereocenters. The molecule has 0 radical (unpaired) electrons. The molecule has 0 heterocycles. The zero-order valence-electron chi connectivity index (χ0n) is 10.5. The lowest BCUT2D eigenvalue weighted by atomic mass is 9.69. The van der Waals surface area contributed by atoms with Gasteiger partial charge < -0.3 is 4.74 Å². The summed E-state index contributed by atoms with van der Waals surface area (Å²) >= 11 is 0. The Morgan fingerprint density at radius 1 is 1.50 bits per heavy atom. The number of carbonyl (C=O) groups excluding carboxylic acids is 1. The summed E-state index contributed by atoms with van der Waals surface area (Å²) in [4.78, 5) is 11.6. The maximum Gasteiger partial charge on any atom is 0.331 e. The Hall–Kier alpha value is -1.05. The van der Waals surface area contributed by atoms with Crippen LogP contribution in [0, 0.1) is 11.8 Å². The Kier molecular flexibility index (Phi) is 2.69. The summed E-state index contributed by atoms with van der Waals surface area (Å²) in [5.41, 5.74) is 2.29. The first-order valence-electron chi connectivity index (χ1n) is 5.97. The molecule has 2 heteroatoms. The predicted octanol–water partition coefficient (Wildman–Crippen LogP) is 3.24. The first-order valence-corrected chi connectivity index (χ1v) is 5.97. The molecule has 0 aromatic rings. The van der Waals surface area contributed by atoms with Gasteiger partial charge in [0.2, 0.25) is 0 Å². The minimum atomic E-state index is -0.391. The van der Waals surface area contributed by atoms with Crippen LogP contribution < -0.4 is 0 Å². The number of allylic oxidation sites excluding steroid dienone is 3. The summed E-state index contributed by atoms with van der Waals surface area (Å²) in [6, 6.07) is 0. The van der Waals surface area contributed by atoms with E-state index in [1.54, 1.807) is 6.08 Å². The Morgan fingerprint density at radius 2 is 2.19 bits per heavy atom. The maximum absolute atomic E-state index is 11.6. The highest BCUT2D eigenvalue weighted by atomic mass is 16.6. The molecule has 0 saturated heterocycles. The van der Waals surface area contributed by atoms with E-state index in [0.29, 0.717) is 5.92 Å². The number of ether oxygens (including phenoxy) is 1. The minimum absolute atomic E-state index is 0.194. The Bertz CT molecular complexity index is 369. The molecule has 0 aromatic carbocycles. The molecule has 2 nitrogen and oxygen atoms in total. The van der Waals surface area contributed by atoms with Crippen LogP contribution in [0.25, 0.3) is 0 Å². The van der Waals surface area contributed by atoms with Crippen LogP contribution in [0.4, 0.5) is 0 Å². The van der Waals surface area contributed by atoms with E-state index in [0.717, 1.165) is 12.3 Å². The van der Waals surface area contributed by atoms with Crippen LogP contribution in [0.3, 0.4) is 0 Å². The number of fused-ring (bicyclic) bond motifs is 1. The molecular formula is C14H20O2. The molecular weight excluding hydrogens is 200 g/mol. The van der Waals surface area contributed by atoms with Gasteiger partial charge in [-0.2, -0.15) is 0 Å². The van der Waals surface area contributed by atoms with Crippen molar-refractivity contribution in [3.8, 4) is 0 Å². The van der Waals surface area contributed by atoms with Crippen molar-refractivity contribution in [2.45, 2.75) is 46.1 Å². The van der Waals surface area contributed by atoms with Crippen molar-refractivity contribution in [3.63, 3.8) is 0 Å². The van der Waals surface area contributed by atoms with Crippen LogP contribution in [0.1, 0.15) is 40.5 Å². The Labute approximate surface area is 97.4 Å². The molecule has 2 aliphatic rings. The third-order valence-electron chi connectivity index (χ3n) is 3.31. The number of carbonyl (C=O) groups is 1. The molecule has 2 rings (SSSR count). The van der Waals surface area contributed by atoms with Gasteiger partial charge in [0.25, 0.3) is 0 Å². The van der Waals surface area contributed by atoms with Gasteiger partial charge in [0.05, 0.1) is 0 Å². The molecule has 0 spiro atoms. The largest absolute Gasteiger partial charge is 0.457 e. The van der Waals surface area contributed by atoms with Crippen molar-refractivity contribution in [2.75, 3.05) is 0 Å². The highest BCUT2D eigenvalue weighted by molar-refractivity contribution is 5.83. The molecule has 0 N–H and O–H groups in total. The average Bonchev–Trinajstić information content (AvgIpc) is 2.33. The lowest BCUT2D eigenvalue weighted by molar-refractivity contribution is -0.148. The standard InChI is InChI=1S/C14H20O2/c1-9-5-6-10-7-11(13(9)10)8-12(15)16-14(2,3)4/h5,8,10,13H,6-7H2,1-4H3/t10-,13-/m0/s1. The normalized spacial score (nSPS) is 30.8. The van der Waals surface area contributed by atoms with Crippen LogP contribution in [0.2, 0.25) is 0 Å². The fraction of sp³-hybridized carbons (Fsp3) is 0.643. The molecule has 0 amide bonds. The van der Waals surface area contributed by atoms with Gasteiger partial charge in [-0.25, -0.2) is 4.79 Å². The van der Waals surface area contributed by atoms with Crippen LogP contribution >= 0.6 is 0 Å². The number of hydrogen-bond donors (Lipinski definition) is 0. The monoisotopic (exact) mass is 220 g/mol. The van der Waals surface area contributed by atoms with Gasteiger partial charge in [0.1, 0.15) is 5.60 Å². The molecule has 16 heavy (non-hydrogen) atoms. The van der Waals surface area contributed by atoms with E-state index in [4.69, 9.17) is 4.74 Å². The highest BCUT2D eigenvalue weighted by Crippen LogP contribution is 2.50. The van der Waals surface area contributed by atoms with Crippen molar-refractivity contribution < 1.29 is 9.53 Å². The molecule has 0 unspecified atom stereocenters. The van der Waals surface area contributed by atoms with Crippen molar-refractivity contribution in [1.29, 1.82) is 0 Å². The topological polar surface area (TPSA) is 26.3 Å². The van der Waals surface area contributed by atoms with Crippen LogP contribution in [0.15, 0.2) is 23.3 Å². The van der Waals surface area contributed by atoms with E-state index >= 15 is 0 Å². The van der Waals surface area contributed by atoms with Gasteiger partial charge in [-0.05, 0) is 46.5 Å². The zero-order chi connectivity index (χ0) is 11.9. The Balaban J connectivity index is 1.99. The summed E-state index contributed by atoms with van der Waals surface area (Å²) in [6.07, 6.45) is 6.25. The smallest absolute Gasteiger partial charge is 0.331 e. The maximum atomic E-state index is 11.6. The van der Waals surface area contributed by atoms with Crippen molar-refractivity contribution >= 4 is 5.97 Å². The summed E-state index contributed by atoms with van der Waals surface area (Å²) < 4.78 is 5.29. The van der Waals surface area contributed by atoms with E-state index in [2.05, 4.69) is 13.0 Å². The summed E-state index contributed by atoms with van der Waals surface area (Å²) in [5, 5.41) is 0. The van der Waals surface area contributed by atoms with Gasteiger partial charge in [0, 0.05) is 12.0 Å². The average molecular weight is 220 g/mol. The van der Waals surface area contributed by atoms with E-state index < -0.39 is 5.60 Å². The van der Waals surface area contributed by atoms with Gasteiger partial charge in [0.15, 0.2) is 0 Å². The fourth-order valence-electron chi connectivity index (χ4n) is 2.67. The van der Waals surface area contributed by atoms with Gasteiger partial charge in [-0.15, -0.1) is 0 Å². The minimum Gasteiger partial charge on any atom is -0.457 e. The third kappa shape index (κ3) is 2.21.